The molecule has 0 bridgehead atoms. The van der Waals surface area contributed by atoms with Gasteiger partial charge in [-0.05, 0) is 0 Å². The van der Waals surface area contributed by atoms with Gasteiger partial charge in [0.2, 0.25) is 5.91 Å². The SMILES string of the molecule is Cn1cc(CN2CCN(C(=O)CC3COCCN3)CC2)cn1. The third-order valence-corrected chi connectivity index (χ3v) is 4.31. The number of hydrogen-bond donors (Lipinski definition) is 1. The van der Waals surface area contributed by atoms with E-state index in [1.807, 2.05) is 29.0 Å². The van der Waals surface area contributed by atoms with Gasteiger partial charge in [0, 0.05) is 70.5 Å². The lowest BCUT2D eigenvalue weighted by molar-refractivity contribution is -0.134. The number of nitrogens with zero attached hydrogens (tertiary/aromatic N) is 4. The maximum Gasteiger partial charge on any atom is 0.224 e. The molecule has 2 fully saturated rings. The standard InChI is InChI=1S/C15H25N5O2/c1-18-10-13(9-17-18)11-19-3-5-20(6-4-19)15(21)8-14-12-22-7-2-16-14/h9-10,14,16H,2-8,11-12H2,1H3. The molecule has 0 saturated carbocycles. The minimum atomic E-state index is 0.176. The number of hydrogen-bond acceptors (Lipinski definition) is 5. The van der Waals surface area contributed by atoms with Gasteiger partial charge < -0.3 is 15.0 Å². The van der Waals surface area contributed by atoms with Crippen molar-refractivity contribution in [3.8, 4) is 0 Å². The molecule has 1 amide bonds. The number of amides is 1. The van der Waals surface area contributed by atoms with Gasteiger partial charge in [0.1, 0.15) is 0 Å². The molecule has 3 rings (SSSR count). The molecule has 0 radical (unpaired) electrons. The number of aromatic nitrogens is 2. The van der Waals surface area contributed by atoms with E-state index >= 15 is 0 Å². The Morgan fingerprint density at radius 2 is 2.23 bits per heavy atom. The first kappa shape index (κ1) is 15.5. The zero-order chi connectivity index (χ0) is 15.4. The fraction of sp³-hybridized carbons (Fsp3) is 0.733. The van der Waals surface area contributed by atoms with Crippen LogP contribution in [0.3, 0.4) is 0 Å². The third kappa shape index (κ3) is 4.06. The fourth-order valence-electron chi connectivity index (χ4n) is 3.06. The quantitative estimate of drug-likeness (QED) is 0.808. The normalized spacial score (nSPS) is 23.7. The van der Waals surface area contributed by atoms with Crippen molar-refractivity contribution in [2.24, 2.45) is 7.05 Å². The van der Waals surface area contributed by atoms with Crippen molar-refractivity contribution in [3.63, 3.8) is 0 Å². The van der Waals surface area contributed by atoms with E-state index in [4.69, 9.17) is 4.74 Å². The second-order valence-corrected chi connectivity index (χ2v) is 6.11. The van der Waals surface area contributed by atoms with Crippen molar-refractivity contribution in [1.29, 1.82) is 0 Å². The first-order valence-corrected chi connectivity index (χ1v) is 7.99. The summed E-state index contributed by atoms with van der Waals surface area (Å²) in [6.07, 6.45) is 4.50. The van der Waals surface area contributed by atoms with Gasteiger partial charge in [-0.2, -0.15) is 5.10 Å². The zero-order valence-electron chi connectivity index (χ0n) is 13.2. The second-order valence-electron chi connectivity index (χ2n) is 6.11. The number of rotatable bonds is 4. The van der Waals surface area contributed by atoms with Gasteiger partial charge in [0.15, 0.2) is 0 Å². The van der Waals surface area contributed by atoms with Crippen molar-refractivity contribution in [3.05, 3.63) is 18.0 Å². The number of aryl methyl sites for hydroxylation is 1. The Kier molecular flexibility index (Phi) is 5.07. The highest BCUT2D eigenvalue weighted by Gasteiger charge is 2.24. The number of piperazine rings is 1. The molecule has 22 heavy (non-hydrogen) atoms. The van der Waals surface area contributed by atoms with Crippen LogP contribution in [0.4, 0.5) is 0 Å². The zero-order valence-corrected chi connectivity index (χ0v) is 13.2. The Morgan fingerprint density at radius 3 is 2.86 bits per heavy atom. The number of nitrogens with one attached hydrogen (secondary N) is 1. The predicted molar refractivity (Wildman–Crippen MR) is 82.3 cm³/mol. The predicted octanol–water partition coefficient (Wildman–Crippen LogP) is -0.557. The van der Waals surface area contributed by atoms with E-state index in [0.29, 0.717) is 13.0 Å². The van der Waals surface area contributed by atoms with E-state index in [9.17, 15) is 4.79 Å². The van der Waals surface area contributed by atoms with E-state index in [2.05, 4.69) is 15.3 Å². The van der Waals surface area contributed by atoms with Crippen molar-refractivity contribution < 1.29 is 9.53 Å². The molecule has 0 aromatic carbocycles. The van der Waals surface area contributed by atoms with E-state index in [0.717, 1.165) is 45.9 Å². The summed E-state index contributed by atoms with van der Waals surface area (Å²) in [5.74, 6) is 0.240. The van der Waals surface area contributed by atoms with Crippen LogP contribution in [0, 0.1) is 0 Å². The van der Waals surface area contributed by atoms with E-state index < -0.39 is 0 Å². The molecule has 7 nitrogen and oxygen atoms in total. The van der Waals surface area contributed by atoms with Crippen molar-refractivity contribution in [2.45, 2.75) is 19.0 Å². The number of carbonyl (C=O) groups is 1. The highest BCUT2D eigenvalue weighted by Crippen LogP contribution is 2.10. The molecule has 2 aliphatic heterocycles. The summed E-state index contributed by atoms with van der Waals surface area (Å²) < 4.78 is 7.23. The van der Waals surface area contributed by atoms with Gasteiger partial charge in [-0.15, -0.1) is 0 Å². The summed E-state index contributed by atoms with van der Waals surface area (Å²) >= 11 is 0. The molecule has 1 N–H and O–H groups in total. The Labute approximate surface area is 131 Å². The van der Waals surface area contributed by atoms with Gasteiger partial charge in [0.25, 0.3) is 0 Å². The molecule has 1 aromatic rings. The summed E-state index contributed by atoms with van der Waals surface area (Å²) in [6, 6.07) is 0.176. The molecule has 7 heteroatoms. The van der Waals surface area contributed by atoms with Crippen LogP contribution in [0.15, 0.2) is 12.4 Å². The Hall–Kier alpha value is -1.44. The monoisotopic (exact) mass is 307 g/mol. The summed E-state index contributed by atoms with van der Waals surface area (Å²) in [4.78, 5) is 16.7. The van der Waals surface area contributed by atoms with Crippen LogP contribution in [0.1, 0.15) is 12.0 Å². The maximum absolute atomic E-state index is 12.3. The number of carbonyl (C=O) groups excluding carboxylic acids is 1. The van der Waals surface area contributed by atoms with Crippen LogP contribution >= 0.6 is 0 Å². The molecule has 0 aliphatic carbocycles. The first-order chi connectivity index (χ1) is 10.7. The molecule has 1 atom stereocenters. The highest BCUT2D eigenvalue weighted by atomic mass is 16.5. The van der Waals surface area contributed by atoms with Crippen LogP contribution in [-0.4, -0.2) is 77.5 Å². The van der Waals surface area contributed by atoms with E-state index in [1.54, 1.807) is 0 Å². The molecule has 1 aromatic heterocycles. The lowest BCUT2D eigenvalue weighted by atomic mass is 10.1. The van der Waals surface area contributed by atoms with Crippen molar-refractivity contribution >= 4 is 5.91 Å². The third-order valence-electron chi connectivity index (χ3n) is 4.31. The molecule has 1 unspecified atom stereocenters. The summed E-state index contributed by atoms with van der Waals surface area (Å²) in [5.41, 5.74) is 1.23. The van der Waals surface area contributed by atoms with E-state index in [-0.39, 0.29) is 11.9 Å². The lowest BCUT2D eigenvalue weighted by Gasteiger charge is -2.35. The van der Waals surface area contributed by atoms with Gasteiger partial charge in [-0.25, -0.2) is 0 Å². The molecular weight excluding hydrogens is 282 g/mol. The maximum atomic E-state index is 12.3. The smallest absolute Gasteiger partial charge is 0.224 e. The van der Waals surface area contributed by atoms with Gasteiger partial charge in [-0.3, -0.25) is 14.4 Å². The molecule has 0 spiro atoms. The largest absolute Gasteiger partial charge is 0.378 e. The molecule has 2 aliphatic rings. The number of morpholine rings is 1. The van der Waals surface area contributed by atoms with Gasteiger partial charge >= 0.3 is 0 Å². The van der Waals surface area contributed by atoms with E-state index in [1.165, 1.54) is 5.56 Å². The minimum Gasteiger partial charge on any atom is -0.378 e. The van der Waals surface area contributed by atoms with Crippen molar-refractivity contribution in [1.82, 2.24) is 24.9 Å². The van der Waals surface area contributed by atoms with Crippen LogP contribution in [0.25, 0.3) is 0 Å². The number of ether oxygens (including phenoxy) is 1. The average molecular weight is 307 g/mol. The topological polar surface area (TPSA) is 62.6 Å². The molecule has 2 saturated heterocycles. The minimum absolute atomic E-state index is 0.176. The van der Waals surface area contributed by atoms with Crippen LogP contribution in [-0.2, 0) is 23.1 Å². The summed E-state index contributed by atoms with van der Waals surface area (Å²) in [7, 11) is 1.93. The fourth-order valence-corrected chi connectivity index (χ4v) is 3.06. The Balaban J connectivity index is 1.41. The second kappa shape index (κ2) is 7.21. The summed E-state index contributed by atoms with van der Waals surface area (Å²) in [6.45, 7) is 6.62. The molecule has 3 heterocycles. The Morgan fingerprint density at radius 1 is 1.41 bits per heavy atom. The van der Waals surface area contributed by atoms with Crippen LogP contribution in [0.5, 0.6) is 0 Å². The van der Waals surface area contributed by atoms with Crippen molar-refractivity contribution in [2.75, 3.05) is 45.9 Å². The lowest BCUT2D eigenvalue weighted by Crippen LogP contribution is -2.51. The average Bonchev–Trinajstić information content (AvgIpc) is 2.94. The van der Waals surface area contributed by atoms with Gasteiger partial charge in [-0.1, -0.05) is 0 Å². The Bertz CT molecular complexity index is 490. The van der Waals surface area contributed by atoms with Crippen LogP contribution in [0.2, 0.25) is 0 Å². The summed E-state index contributed by atoms with van der Waals surface area (Å²) in [5, 5.41) is 7.54. The first-order valence-electron chi connectivity index (χ1n) is 7.99. The molecule has 122 valence electrons. The van der Waals surface area contributed by atoms with Gasteiger partial charge in [0.05, 0.1) is 19.4 Å². The molecular formula is C15H25N5O2. The highest BCUT2D eigenvalue weighted by molar-refractivity contribution is 5.77. The van der Waals surface area contributed by atoms with Crippen LogP contribution < -0.4 is 5.32 Å².